The van der Waals surface area contributed by atoms with Crippen molar-refractivity contribution in [2.75, 3.05) is 0 Å². The lowest BCUT2D eigenvalue weighted by atomic mass is 10.3. The van der Waals surface area contributed by atoms with Gasteiger partial charge in [0, 0.05) is 13.1 Å². The van der Waals surface area contributed by atoms with Gasteiger partial charge in [0.05, 0.1) is 11.1 Å². The average Bonchev–Trinajstić information content (AvgIpc) is 2.79. The van der Waals surface area contributed by atoms with E-state index in [9.17, 15) is 0 Å². The summed E-state index contributed by atoms with van der Waals surface area (Å²) in [6, 6.07) is 0.548. The summed E-state index contributed by atoms with van der Waals surface area (Å²) in [6.45, 7) is 6.38. The molecule has 3 unspecified atom stereocenters. The number of nitrogens with zero attached hydrogens (tertiary/aromatic N) is 4. The minimum absolute atomic E-state index is 0.0603. The summed E-state index contributed by atoms with van der Waals surface area (Å²) in [5.74, 6) is 1.71. The molecule has 0 spiro atoms. The van der Waals surface area contributed by atoms with Gasteiger partial charge in [0.2, 0.25) is 0 Å². The Morgan fingerprint density at radius 1 is 1.50 bits per heavy atom. The molecule has 3 atom stereocenters. The summed E-state index contributed by atoms with van der Waals surface area (Å²) in [5.41, 5.74) is 3.23. The zero-order valence-corrected chi connectivity index (χ0v) is 12.1. The molecule has 0 aromatic carbocycles. The van der Waals surface area contributed by atoms with Crippen molar-refractivity contribution in [1.82, 2.24) is 19.3 Å². The molecule has 2 aromatic heterocycles. The largest absolute Gasteiger partial charge is 0.308 e. The van der Waals surface area contributed by atoms with Crippen LogP contribution in [0.2, 0.25) is 0 Å². The molecule has 0 bridgehead atoms. The molecule has 3 rings (SSSR count). The van der Waals surface area contributed by atoms with Crippen LogP contribution in [0.3, 0.4) is 0 Å². The maximum absolute atomic E-state index is 6.29. The molecule has 0 saturated heterocycles. The van der Waals surface area contributed by atoms with Crippen LogP contribution >= 0.6 is 11.6 Å². The van der Waals surface area contributed by atoms with Crippen molar-refractivity contribution in [1.29, 1.82) is 0 Å². The van der Waals surface area contributed by atoms with E-state index in [0.717, 1.165) is 35.0 Å². The fourth-order valence-corrected chi connectivity index (χ4v) is 2.88. The highest BCUT2D eigenvalue weighted by Gasteiger charge is 2.38. The summed E-state index contributed by atoms with van der Waals surface area (Å²) >= 11 is 6.29. The Labute approximate surface area is 112 Å². The predicted octanol–water partition coefficient (Wildman–Crippen LogP) is 3.21. The van der Waals surface area contributed by atoms with E-state index >= 15 is 0 Å². The van der Waals surface area contributed by atoms with Crippen LogP contribution in [-0.4, -0.2) is 19.3 Å². The van der Waals surface area contributed by atoms with Gasteiger partial charge in [-0.25, -0.2) is 4.98 Å². The van der Waals surface area contributed by atoms with Crippen molar-refractivity contribution in [2.24, 2.45) is 13.0 Å². The Hall–Kier alpha value is -1.03. The van der Waals surface area contributed by atoms with E-state index in [1.165, 1.54) is 6.42 Å². The van der Waals surface area contributed by atoms with Crippen LogP contribution in [0.5, 0.6) is 0 Å². The van der Waals surface area contributed by atoms with Gasteiger partial charge in [-0.05, 0) is 25.7 Å². The van der Waals surface area contributed by atoms with Crippen LogP contribution in [0, 0.1) is 5.92 Å². The first-order valence-electron chi connectivity index (χ1n) is 6.62. The normalized spacial score (nSPS) is 24.7. The maximum Gasteiger partial charge on any atom is 0.158 e. The van der Waals surface area contributed by atoms with Gasteiger partial charge in [0.25, 0.3) is 0 Å². The van der Waals surface area contributed by atoms with Crippen LogP contribution in [0.15, 0.2) is 0 Å². The number of imidazole rings is 1. The van der Waals surface area contributed by atoms with E-state index in [0.29, 0.717) is 6.04 Å². The lowest BCUT2D eigenvalue weighted by Crippen LogP contribution is -2.07. The van der Waals surface area contributed by atoms with Gasteiger partial charge < -0.3 is 4.57 Å². The quantitative estimate of drug-likeness (QED) is 0.800. The molecule has 18 heavy (non-hydrogen) atoms. The zero-order chi connectivity index (χ0) is 13.0. The van der Waals surface area contributed by atoms with Gasteiger partial charge in [-0.1, -0.05) is 13.8 Å². The predicted molar refractivity (Wildman–Crippen MR) is 73.0 cm³/mol. The fraction of sp³-hybridized carbons (Fsp3) is 0.692. The van der Waals surface area contributed by atoms with Crippen molar-refractivity contribution in [2.45, 2.75) is 45.0 Å². The second-order valence-electron chi connectivity index (χ2n) is 5.33. The number of hydrogen-bond donors (Lipinski definition) is 0. The Kier molecular flexibility index (Phi) is 2.66. The molecule has 0 radical (unpaired) electrons. The second-order valence-corrected chi connectivity index (χ2v) is 5.99. The van der Waals surface area contributed by atoms with Gasteiger partial charge in [-0.15, -0.1) is 11.6 Å². The molecule has 4 nitrogen and oxygen atoms in total. The van der Waals surface area contributed by atoms with Gasteiger partial charge >= 0.3 is 0 Å². The molecule has 0 amide bonds. The standard InChI is InChI=1S/C13H19ClN4/c1-5-9-11-13(17(4)16-9)18(10-6-7(10)2)12(15-11)8(3)14/h7-8,10H,5-6H2,1-4H3. The molecule has 1 fully saturated rings. The summed E-state index contributed by atoms with van der Waals surface area (Å²) in [4.78, 5) is 4.75. The Morgan fingerprint density at radius 2 is 2.17 bits per heavy atom. The Morgan fingerprint density at radius 3 is 2.67 bits per heavy atom. The average molecular weight is 267 g/mol. The van der Waals surface area contributed by atoms with Gasteiger partial charge in [-0.2, -0.15) is 5.10 Å². The van der Waals surface area contributed by atoms with E-state index in [4.69, 9.17) is 16.6 Å². The van der Waals surface area contributed by atoms with Gasteiger partial charge in [-0.3, -0.25) is 4.68 Å². The van der Waals surface area contributed by atoms with Crippen molar-refractivity contribution < 1.29 is 0 Å². The minimum Gasteiger partial charge on any atom is -0.308 e. The number of fused-ring (bicyclic) bond motifs is 1. The number of hydrogen-bond acceptors (Lipinski definition) is 2. The van der Waals surface area contributed by atoms with E-state index < -0.39 is 0 Å². The third-order valence-electron chi connectivity index (χ3n) is 3.85. The highest BCUT2D eigenvalue weighted by atomic mass is 35.5. The Balaban J connectivity index is 2.28. The first-order valence-corrected chi connectivity index (χ1v) is 7.06. The number of halogens is 1. The van der Waals surface area contributed by atoms with Crippen molar-refractivity contribution in [3.63, 3.8) is 0 Å². The topological polar surface area (TPSA) is 35.6 Å². The molecular formula is C13H19ClN4. The summed E-state index contributed by atoms with van der Waals surface area (Å²) in [5, 5.41) is 4.49. The number of aryl methyl sites for hydroxylation is 2. The lowest BCUT2D eigenvalue weighted by Gasteiger charge is -2.10. The molecule has 1 saturated carbocycles. The van der Waals surface area contributed by atoms with E-state index in [2.05, 4.69) is 23.5 Å². The molecular weight excluding hydrogens is 248 g/mol. The third kappa shape index (κ3) is 1.58. The van der Waals surface area contributed by atoms with Crippen molar-refractivity contribution in [3.8, 4) is 0 Å². The highest BCUT2D eigenvalue weighted by Crippen LogP contribution is 2.46. The number of alkyl halides is 1. The molecule has 98 valence electrons. The number of rotatable bonds is 3. The first kappa shape index (κ1) is 12.0. The lowest BCUT2D eigenvalue weighted by molar-refractivity contribution is 0.628. The molecule has 0 aliphatic heterocycles. The molecule has 2 heterocycles. The van der Waals surface area contributed by atoms with Crippen LogP contribution in [0.1, 0.15) is 50.1 Å². The van der Waals surface area contributed by atoms with Crippen molar-refractivity contribution >= 4 is 22.8 Å². The van der Waals surface area contributed by atoms with E-state index in [1.54, 1.807) is 0 Å². The SMILES string of the molecule is CCc1nn(C)c2c1nc(C(C)Cl)n2C1CC1C. The van der Waals surface area contributed by atoms with Crippen molar-refractivity contribution in [3.05, 3.63) is 11.5 Å². The molecule has 5 heteroatoms. The number of aromatic nitrogens is 4. The van der Waals surface area contributed by atoms with Crippen LogP contribution in [0.25, 0.3) is 11.2 Å². The summed E-state index contributed by atoms with van der Waals surface area (Å²) < 4.78 is 4.26. The molecule has 1 aliphatic rings. The van der Waals surface area contributed by atoms with Gasteiger partial charge in [0.1, 0.15) is 11.3 Å². The minimum atomic E-state index is -0.0603. The maximum atomic E-state index is 6.29. The van der Waals surface area contributed by atoms with Crippen LogP contribution in [0.4, 0.5) is 0 Å². The van der Waals surface area contributed by atoms with Crippen LogP contribution in [-0.2, 0) is 13.5 Å². The Bertz CT molecular complexity index is 596. The highest BCUT2D eigenvalue weighted by molar-refractivity contribution is 6.20. The molecule has 0 N–H and O–H groups in total. The summed E-state index contributed by atoms with van der Waals surface area (Å²) in [6.07, 6.45) is 2.12. The second kappa shape index (κ2) is 3.98. The smallest absolute Gasteiger partial charge is 0.158 e. The molecule has 2 aromatic rings. The summed E-state index contributed by atoms with van der Waals surface area (Å²) in [7, 11) is 2.00. The monoisotopic (exact) mass is 266 g/mol. The van der Waals surface area contributed by atoms with E-state index in [1.807, 2.05) is 18.7 Å². The fourth-order valence-electron chi connectivity index (χ4n) is 2.73. The van der Waals surface area contributed by atoms with Gasteiger partial charge in [0.15, 0.2) is 5.65 Å². The first-order chi connectivity index (χ1) is 8.54. The van der Waals surface area contributed by atoms with E-state index in [-0.39, 0.29) is 5.38 Å². The zero-order valence-electron chi connectivity index (χ0n) is 11.3. The third-order valence-corrected chi connectivity index (χ3v) is 4.05. The van der Waals surface area contributed by atoms with Crippen LogP contribution < -0.4 is 0 Å². The molecule has 1 aliphatic carbocycles.